The molecule has 1 aromatic heterocycles. The Bertz CT molecular complexity index is 960. The van der Waals surface area contributed by atoms with Crippen LogP contribution in [0.2, 0.25) is 0 Å². The van der Waals surface area contributed by atoms with Crippen LogP contribution in [0.1, 0.15) is 40.7 Å². The van der Waals surface area contributed by atoms with Crippen molar-refractivity contribution < 1.29 is 9.18 Å². The smallest absolute Gasteiger partial charge is 0.196 e. The summed E-state index contributed by atoms with van der Waals surface area (Å²) in [5.74, 6) is -0.373. The number of rotatable bonds is 3. The van der Waals surface area contributed by atoms with E-state index in [1.54, 1.807) is 12.3 Å². The number of hydrogen-bond donors (Lipinski definition) is 0. The number of halogens is 1. The topological polar surface area (TPSA) is 33.2 Å². The first kappa shape index (κ1) is 16.7. The summed E-state index contributed by atoms with van der Waals surface area (Å²) in [5.41, 5.74) is 3.82. The molecule has 0 spiro atoms. The molecule has 4 rings (SSSR count). The lowest BCUT2D eigenvalue weighted by molar-refractivity contribution is 0.103. The first-order chi connectivity index (χ1) is 12.6. The summed E-state index contributed by atoms with van der Waals surface area (Å²) in [5, 5.41) is 0.713. The van der Waals surface area contributed by atoms with E-state index in [2.05, 4.69) is 9.88 Å². The van der Waals surface area contributed by atoms with Crippen molar-refractivity contribution in [2.75, 3.05) is 18.0 Å². The molecule has 0 saturated carbocycles. The maximum Gasteiger partial charge on any atom is 0.196 e. The Labute approximate surface area is 152 Å². The number of aromatic nitrogens is 1. The summed E-state index contributed by atoms with van der Waals surface area (Å²) in [6.07, 6.45) is 5.00. The van der Waals surface area contributed by atoms with Crippen molar-refractivity contribution >= 4 is 22.4 Å². The molecule has 1 aliphatic rings. The number of nitrogens with zero attached hydrogens (tertiary/aromatic N) is 2. The predicted molar refractivity (Wildman–Crippen MR) is 102 cm³/mol. The van der Waals surface area contributed by atoms with Gasteiger partial charge in [-0.1, -0.05) is 29.8 Å². The molecule has 1 aliphatic heterocycles. The van der Waals surface area contributed by atoms with E-state index in [1.807, 2.05) is 31.2 Å². The summed E-state index contributed by atoms with van der Waals surface area (Å²) >= 11 is 0. The van der Waals surface area contributed by atoms with Gasteiger partial charge in [-0.25, -0.2) is 4.39 Å². The fraction of sp³-hybridized carbons (Fsp3) is 0.273. The number of ketones is 1. The van der Waals surface area contributed by atoms with E-state index in [4.69, 9.17) is 0 Å². The van der Waals surface area contributed by atoms with Crippen LogP contribution in [0, 0.1) is 12.7 Å². The van der Waals surface area contributed by atoms with Crippen molar-refractivity contribution in [1.82, 2.24) is 4.98 Å². The zero-order chi connectivity index (χ0) is 18.1. The van der Waals surface area contributed by atoms with Gasteiger partial charge in [-0.05, 0) is 44.4 Å². The number of carbonyl (C=O) groups excluding carboxylic acids is 1. The van der Waals surface area contributed by atoms with Gasteiger partial charge >= 0.3 is 0 Å². The highest BCUT2D eigenvalue weighted by Gasteiger charge is 2.23. The van der Waals surface area contributed by atoms with Gasteiger partial charge in [-0.3, -0.25) is 9.78 Å². The molecule has 0 N–H and O–H groups in total. The molecule has 3 nitrogen and oxygen atoms in total. The second-order valence-electron chi connectivity index (χ2n) is 6.92. The van der Waals surface area contributed by atoms with Gasteiger partial charge in [0, 0.05) is 30.2 Å². The molecule has 0 atom stereocenters. The Balaban J connectivity index is 1.90. The van der Waals surface area contributed by atoms with Crippen molar-refractivity contribution in [2.45, 2.75) is 26.2 Å². The lowest BCUT2D eigenvalue weighted by atomic mass is 9.98. The number of piperidine rings is 1. The van der Waals surface area contributed by atoms with Crippen molar-refractivity contribution in [3.05, 3.63) is 71.2 Å². The summed E-state index contributed by atoms with van der Waals surface area (Å²) in [4.78, 5) is 19.8. The third-order valence-corrected chi connectivity index (χ3v) is 5.03. The van der Waals surface area contributed by atoms with E-state index >= 15 is 0 Å². The first-order valence-corrected chi connectivity index (χ1v) is 9.08. The first-order valence-electron chi connectivity index (χ1n) is 9.08. The zero-order valence-electron chi connectivity index (χ0n) is 14.8. The van der Waals surface area contributed by atoms with E-state index in [0.29, 0.717) is 22.0 Å². The summed E-state index contributed by atoms with van der Waals surface area (Å²) < 4.78 is 14.0. The summed E-state index contributed by atoms with van der Waals surface area (Å²) in [6, 6.07) is 12.1. The lowest BCUT2D eigenvalue weighted by Crippen LogP contribution is -2.31. The molecule has 2 heterocycles. The van der Waals surface area contributed by atoms with Gasteiger partial charge in [0.1, 0.15) is 5.82 Å². The predicted octanol–water partition coefficient (Wildman–Crippen LogP) is 4.90. The minimum absolute atomic E-state index is 0.0655. The van der Waals surface area contributed by atoms with Crippen LogP contribution >= 0.6 is 0 Å². The maximum absolute atomic E-state index is 14.0. The molecule has 132 valence electrons. The Kier molecular flexibility index (Phi) is 4.41. The second kappa shape index (κ2) is 6.87. The molecule has 4 heteroatoms. The SMILES string of the molecule is Cc1ccc(C(=O)c2cnc3ccc(F)cc3c2N2CCCCC2)cc1. The fourth-order valence-corrected chi connectivity index (χ4v) is 3.64. The molecule has 0 radical (unpaired) electrons. The quantitative estimate of drug-likeness (QED) is 0.631. The van der Waals surface area contributed by atoms with Gasteiger partial charge in [0.15, 0.2) is 5.78 Å². The standard InChI is InChI=1S/C22H21FN2O/c1-15-5-7-16(8-6-15)22(26)19-14-24-20-10-9-17(23)13-18(20)21(19)25-11-3-2-4-12-25/h5-10,13-14H,2-4,11-12H2,1H3. The van der Waals surface area contributed by atoms with Gasteiger partial charge in [0.25, 0.3) is 0 Å². The lowest BCUT2D eigenvalue weighted by Gasteiger charge is -2.31. The summed E-state index contributed by atoms with van der Waals surface area (Å²) in [7, 11) is 0. The maximum atomic E-state index is 14.0. The van der Waals surface area contributed by atoms with Crippen molar-refractivity contribution in [3.63, 3.8) is 0 Å². The van der Waals surface area contributed by atoms with E-state index in [1.165, 1.54) is 18.6 Å². The van der Waals surface area contributed by atoms with Crippen LogP contribution in [0.4, 0.5) is 10.1 Å². The van der Waals surface area contributed by atoms with Crippen LogP contribution in [0.3, 0.4) is 0 Å². The zero-order valence-corrected chi connectivity index (χ0v) is 14.8. The Hall–Kier alpha value is -2.75. The normalized spacial score (nSPS) is 14.6. The van der Waals surface area contributed by atoms with Gasteiger partial charge in [0.2, 0.25) is 0 Å². The number of anilines is 1. The summed E-state index contributed by atoms with van der Waals surface area (Å²) in [6.45, 7) is 3.75. The van der Waals surface area contributed by atoms with Crippen LogP contribution < -0.4 is 4.90 Å². The third kappa shape index (κ3) is 3.07. The second-order valence-corrected chi connectivity index (χ2v) is 6.92. The van der Waals surface area contributed by atoms with Crippen molar-refractivity contribution in [2.24, 2.45) is 0 Å². The molecular formula is C22H21FN2O. The number of carbonyl (C=O) groups is 1. The highest BCUT2D eigenvalue weighted by Crippen LogP contribution is 2.33. The Morgan fingerprint density at radius 1 is 1.04 bits per heavy atom. The van der Waals surface area contributed by atoms with Gasteiger partial charge in [0.05, 0.1) is 16.8 Å². The monoisotopic (exact) mass is 348 g/mol. The van der Waals surface area contributed by atoms with Crippen LogP contribution in [-0.4, -0.2) is 23.9 Å². The number of aryl methyl sites for hydroxylation is 1. The van der Waals surface area contributed by atoms with E-state index < -0.39 is 0 Å². The van der Waals surface area contributed by atoms with Gasteiger partial charge < -0.3 is 4.90 Å². The average Bonchev–Trinajstić information content (AvgIpc) is 2.67. The minimum atomic E-state index is -0.308. The molecule has 0 amide bonds. The molecule has 1 fully saturated rings. The molecule has 1 saturated heterocycles. The molecule has 26 heavy (non-hydrogen) atoms. The molecule has 0 bridgehead atoms. The fourth-order valence-electron chi connectivity index (χ4n) is 3.64. The highest BCUT2D eigenvalue weighted by molar-refractivity contribution is 6.16. The minimum Gasteiger partial charge on any atom is -0.370 e. The van der Waals surface area contributed by atoms with Crippen molar-refractivity contribution in [1.29, 1.82) is 0 Å². The largest absolute Gasteiger partial charge is 0.370 e. The molecule has 3 aromatic rings. The van der Waals surface area contributed by atoms with Crippen LogP contribution in [0.15, 0.2) is 48.7 Å². The number of fused-ring (bicyclic) bond motifs is 1. The van der Waals surface area contributed by atoms with Crippen LogP contribution in [-0.2, 0) is 0 Å². The van der Waals surface area contributed by atoms with Crippen LogP contribution in [0.5, 0.6) is 0 Å². The number of benzene rings is 2. The highest BCUT2D eigenvalue weighted by atomic mass is 19.1. The Morgan fingerprint density at radius 3 is 2.50 bits per heavy atom. The molecule has 0 aliphatic carbocycles. The van der Waals surface area contributed by atoms with Gasteiger partial charge in [-0.15, -0.1) is 0 Å². The number of hydrogen-bond acceptors (Lipinski definition) is 3. The van der Waals surface area contributed by atoms with E-state index in [9.17, 15) is 9.18 Å². The average molecular weight is 348 g/mol. The van der Waals surface area contributed by atoms with Crippen molar-refractivity contribution in [3.8, 4) is 0 Å². The van der Waals surface area contributed by atoms with Crippen LogP contribution in [0.25, 0.3) is 10.9 Å². The molecule has 2 aromatic carbocycles. The number of pyridine rings is 1. The van der Waals surface area contributed by atoms with E-state index in [0.717, 1.165) is 37.2 Å². The third-order valence-electron chi connectivity index (χ3n) is 5.03. The van der Waals surface area contributed by atoms with Gasteiger partial charge in [-0.2, -0.15) is 0 Å². The molecule has 0 unspecified atom stereocenters. The Morgan fingerprint density at radius 2 is 1.77 bits per heavy atom. The molecular weight excluding hydrogens is 327 g/mol. The van der Waals surface area contributed by atoms with E-state index in [-0.39, 0.29) is 11.6 Å².